The van der Waals surface area contributed by atoms with E-state index in [2.05, 4.69) is 43.4 Å². The summed E-state index contributed by atoms with van der Waals surface area (Å²) in [5.41, 5.74) is 0.915. The smallest absolute Gasteiger partial charge is 0.237 e. The number of halogens is 1. The van der Waals surface area contributed by atoms with Crippen LogP contribution in [-0.2, 0) is 6.54 Å². The molecule has 16 heavy (non-hydrogen) atoms. The molecule has 2 aromatic heterocycles. The summed E-state index contributed by atoms with van der Waals surface area (Å²) in [6.45, 7) is 4.30. The average Bonchev–Trinajstić information content (AvgIpc) is 2.87. The van der Waals surface area contributed by atoms with Gasteiger partial charge in [-0.1, -0.05) is 28.1 Å². The lowest BCUT2D eigenvalue weighted by atomic mass is 10.3. The van der Waals surface area contributed by atoms with Crippen LogP contribution in [-0.4, -0.2) is 25.2 Å². The Balaban J connectivity index is 2.08. The molecule has 0 aliphatic rings. The van der Waals surface area contributed by atoms with Crippen molar-refractivity contribution in [2.24, 2.45) is 0 Å². The van der Waals surface area contributed by atoms with Crippen molar-refractivity contribution in [2.75, 3.05) is 0 Å². The summed E-state index contributed by atoms with van der Waals surface area (Å²) in [4.78, 5) is 0.241. The van der Waals surface area contributed by atoms with E-state index in [9.17, 15) is 0 Å². The molecule has 0 saturated heterocycles. The standard InChI is InChI=1S/C9H12BrN5O/c1-3-7(10)8-4-15(14-12-8)5-9-13-11-6(2)16-9/h4,7H,3,5H2,1-2H3. The zero-order chi connectivity index (χ0) is 11.5. The monoisotopic (exact) mass is 285 g/mol. The van der Waals surface area contributed by atoms with E-state index >= 15 is 0 Å². The van der Waals surface area contributed by atoms with Crippen molar-refractivity contribution in [3.63, 3.8) is 0 Å². The molecule has 0 bridgehead atoms. The lowest BCUT2D eigenvalue weighted by Gasteiger charge is -1.98. The Morgan fingerprint density at radius 1 is 1.44 bits per heavy atom. The summed E-state index contributed by atoms with van der Waals surface area (Å²) in [5, 5.41) is 15.7. The second-order valence-electron chi connectivity index (χ2n) is 3.43. The normalized spacial score (nSPS) is 12.9. The van der Waals surface area contributed by atoms with Gasteiger partial charge in [0.05, 0.1) is 16.7 Å². The number of aromatic nitrogens is 5. The van der Waals surface area contributed by atoms with Crippen molar-refractivity contribution in [3.8, 4) is 0 Å². The maximum absolute atomic E-state index is 5.26. The minimum Gasteiger partial charge on any atom is -0.424 e. The third kappa shape index (κ3) is 2.46. The number of hydrogen-bond donors (Lipinski definition) is 0. The minimum atomic E-state index is 0.241. The number of alkyl halides is 1. The Morgan fingerprint density at radius 3 is 2.88 bits per heavy atom. The highest BCUT2D eigenvalue weighted by molar-refractivity contribution is 9.09. The highest BCUT2D eigenvalue weighted by Gasteiger charge is 2.11. The van der Waals surface area contributed by atoms with Gasteiger partial charge >= 0.3 is 0 Å². The molecule has 2 heterocycles. The molecule has 7 heteroatoms. The van der Waals surface area contributed by atoms with Crippen LogP contribution < -0.4 is 0 Å². The Kier molecular flexibility index (Phi) is 3.33. The van der Waals surface area contributed by atoms with E-state index in [0.29, 0.717) is 18.3 Å². The van der Waals surface area contributed by atoms with Gasteiger partial charge < -0.3 is 4.42 Å². The molecule has 0 aromatic carbocycles. The Labute approximate surface area is 101 Å². The molecule has 1 unspecified atom stereocenters. The first-order valence-electron chi connectivity index (χ1n) is 5.02. The Morgan fingerprint density at radius 2 is 2.25 bits per heavy atom. The van der Waals surface area contributed by atoms with Gasteiger partial charge in [0.1, 0.15) is 6.54 Å². The van der Waals surface area contributed by atoms with Crippen LogP contribution in [0.2, 0.25) is 0 Å². The first-order chi connectivity index (χ1) is 7.69. The molecule has 2 aromatic rings. The molecule has 0 aliphatic carbocycles. The van der Waals surface area contributed by atoms with E-state index in [1.807, 2.05) is 6.20 Å². The van der Waals surface area contributed by atoms with Gasteiger partial charge in [-0.3, -0.25) is 0 Å². The molecule has 1 atom stereocenters. The maximum atomic E-state index is 5.26. The van der Waals surface area contributed by atoms with Crippen molar-refractivity contribution in [2.45, 2.75) is 31.6 Å². The van der Waals surface area contributed by atoms with Crippen molar-refractivity contribution in [1.29, 1.82) is 0 Å². The van der Waals surface area contributed by atoms with Crippen molar-refractivity contribution in [3.05, 3.63) is 23.7 Å². The lowest BCUT2D eigenvalue weighted by Crippen LogP contribution is -2.00. The highest BCUT2D eigenvalue weighted by atomic mass is 79.9. The minimum absolute atomic E-state index is 0.241. The summed E-state index contributed by atoms with van der Waals surface area (Å²) in [6, 6.07) is 0. The van der Waals surface area contributed by atoms with E-state index in [4.69, 9.17) is 4.42 Å². The molecule has 0 amide bonds. The fourth-order valence-corrected chi connectivity index (χ4v) is 1.49. The van der Waals surface area contributed by atoms with E-state index in [0.717, 1.165) is 12.1 Å². The zero-order valence-electron chi connectivity index (χ0n) is 9.09. The zero-order valence-corrected chi connectivity index (χ0v) is 10.7. The topological polar surface area (TPSA) is 69.6 Å². The fraction of sp³-hybridized carbons (Fsp3) is 0.556. The van der Waals surface area contributed by atoms with Crippen molar-refractivity contribution >= 4 is 15.9 Å². The molecule has 0 spiro atoms. The molecule has 2 rings (SSSR count). The summed E-state index contributed by atoms with van der Waals surface area (Å²) < 4.78 is 6.95. The largest absolute Gasteiger partial charge is 0.424 e. The van der Waals surface area contributed by atoms with Crippen molar-refractivity contribution in [1.82, 2.24) is 25.2 Å². The van der Waals surface area contributed by atoms with Crippen LogP contribution in [0.3, 0.4) is 0 Å². The fourth-order valence-electron chi connectivity index (χ4n) is 1.28. The van der Waals surface area contributed by atoms with Crippen LogP contribution in [0, 0.1) is 6.92 Å². The van der Waals surface area contributed by atoms with E-state index < -0.39 is 0 Å². The predicted molar refractivity (Wildman–Crippen MR) is 60.1 cm³/mol. The van der Waals surface area contributed by atoms with Crippen LogP contribution in [0.1, 0.15) is 35.6 Å². The average molecular weight is 286 g/mol. The van der Waals surface area contributed by atoms with Gasteiger partial charge in [0.2, 0.25) is 11.8 Å². The van der Waals surface area contributed by atoms with Gasteiger partial charge in [-0.25, -0.2) is 4.68 Å². The van der Waals surface area contributed by atoms with Crippen LogP contribution in [0.5, 0.6) is 0 Å². The summed E-state index contributed by atoms with van der Waals surface area (Å²) in [6.07, 6.45) is 2.85. The van der Waals surface area contributed by atoms with Crippen LogP contribution >= 0.6 is 15.9 Å². The second-order valence-corrected chi connectivity index (χ2v) is 4.54. The summed E-state index contributed by atoms with van der Waals surface area (Å²) >= 11 is 3.52. The van der Waals surface area contributed by atoms with Gasteiger partial charge in [-0.2, -0.15) is 0 Å². The molecule has 0 aliphatic heterocycles. The van der Waals surface area contributed by atoms with Gasteiger partial charge in [-0.05, 0) is 6.42 Å². The van der Waals surface area contributed by atoms with Gasteiger partial charge in [-0.15, -0.1) is 15.3 Å². The lowest BCUT2D eigenvalue weighted by molar-refractivity contribution is 0.441. The maximum Gasteiger partial charge on any atom is 0.237 e. The van der Waals surface area contributed by atoms with E-state index in [1.54, 1.807) is 11.6 Å². The number of hydrogen-bond acceptors (Lipinski definition) is 5. The quantitative estimate of drug-likeness (QED) is 0.802. The highest BCUT2D eigenvalue weighted by Crippen LogP contribution is 2.23. The molecule has 0 saturated carbocycles. The third-order valence-corrected chi connectivity index (χ3v) is 3.22. The Bertz CT molecular complexity index is 466. The molecule has 0 radical (unpaired) electrons. The number of aryl methyl sites for hydroxylation is 1. The van der Waals surface area contributed by atoms with Crippen LogP contribution in [0.25, 0.3) is 0 Å². The van der Waals surface area contributed by atoms with E-state index in [-0.39, 0.29) is 4.83 Å². The summed E-state index contributed by atoms with van der Waals surface area (Å²) in [5.74, 6) is 1.10. The Hall–Kier alpha value is -1.24. The molecule has 0 N–H and O–H groups in total. The number of rotatable bonds is 4. The van der Waals surface area contributed by atoms with Gasteiger partial charge in [0.25, 0.3) is 0 Å². The molecule has 6 nitrogen and oxygen atoms in total. The molecule has 86 valence electrons. The first-order valence-corrected chi connectivity index (χ1v) is 5.93. The second kappa shape index (κ2) is 4.73. The van der Waals surface area contributed by atoms with E-state index in [1.165, 1.54) is 0 Å². The van der Waals surface area contributed by atoms with Gasteiger partial charge in [0.15, 0.2) is 0 Å². The number of nitrogens with zero attached hydrogens (tertiary/aromatic N) is 5. The molecular weight excluding hydrogens is 274 g/mol. The molecular formula is C9H12BrN5O. The van der Waals surface area contributed by atoms with Crippen molar-refractivity contribution < 1.29 is 4.42 Å². The van der Waals surface area contributed by atoms with Gasteiger partial charge in [0, 0.05) is 6.92 Å². The van der Waals surface area contributed by atoms with Crippen LogP contribution in [0.15, 0.2) is 10.6 Å². The van der Waals surface area contributed by atoms with Crippen LogP contribution in [0.4, 0.5) is 0 Å². The summed E-state index contributed by atoms with van der Waals surface area (Å²) in [7, 11) is 0. The predicted octanol–water partition coefficient (Wildman–Crippen LogP) is 1.86. The SMILES string of the molecule is CCC(Br)c1cn(Cc2nnc(C)o2)nn1. The third-order valence-electron chi connectivity index (χ3n) is 2.10. The first kappa shape index (κ1) is 11.3. The molecule has 0 fully saturated rings.